The summed E-state index contributed by atoms with van der Waals surface area (Å²) in [4.78, 5) is 13.8. The van der Waals surface area contributed by atoms with E-state index in [1.165, 1.54) is 0 Å². The first-order valence-electron chi connectivity index (χ1n) is 6.23. The first kappa shape index (κ1) is 14.7. The van der Waals surface area contributed by atoms with Gasteiger partial charge in [0.1, 0.15) is 0 Å². The highest BCUT2D eigenvalue weighted by atomic mass is 32.2. The molecule has 0 saturated carbocycles. The molecule has 2 heterocycles. The van der Waals surface area contributed by atoms with Gasteiger partial charge in [-0.2, -0.15) is 0 Å². The van der Waals surface area contributed by atoms with Crippen molar-refractivity contribution >= 4 is 21.8 Å². The van der Waals surface area contributed by atoms with E-state index in [-0.39, 0.29) is 29.6 Å². The molecule has 0 aliphatic carbocycles. The number of hydrogen-bond acceptors (Lipinski definition) is 5. The van der Waals surface area contributed by atoms with Crippen LogP contribution < -0.4 is 11.1 Å². The maximum atomic E-state index is 12.1. The number of nitrogens with two attached hydrogens (primary N) is 1. The van der Waals surface area contributed by atoms with Crippen LogP contribution in [0.3, 0.4) is 0 Å². The second-order valence-electron chi connectivity index (χ2n) is 5.49. The minimum Gasteiger partial charge on any atom is -0.350 e. The topological polar surface area (TPSA) is 105 Å². The molecule has 0 radical (unpaired) electrons. The second kappa shape index (κ2) is 5.02. The number of nitrogens with zero attached hydrogens (tertiary/aromatic N) is 2. The van der Waals surface area contributed by atoms with E-state index in [4.69, 9.17) is 5.73 Å². The lowest BCUT2D eigenvalue weighted by molar-refractivity contribution is -0.117. The van der Waals surface area contributed by atoms with Crippen molar-refractivity contribution in [2.45, 2.75) is 19.4 Å². The van der Waals surface area contributed by atoms with E-state index in [1.54, 1.807) is 37.1 Å². The van der Waals surface area contributed by atoms with Gasteiger partial charge >= 0.3 is 0 Å². The molecule has 0 aromatic rings. The van der Waals surface area contributed by atoms with Gasteiger partial charge in [0.2, 0.25) is 0 Å². The first-order chi connectivity index (χ1) is 9.18. The Bertz CT molecular complexity index is 611. The van der Waals surface area contributed by atoms with Crippen molar-refractivity contribution in [3.8, 4) is 0 Å². The molecule has 1 amide bonds. The minimum absolute atomic E-state index is 0.0500. The van der Waals surface area contributed by atoms with Crippen LogP contribution in [-0.4, -0.2) is 49.4 Å². The van der Waals surface area contributed by atoms with Gasteiger partial charge in [0.05, 0.1) is 11.3 Å². The molecule has 3 N–H and O–H groups in total. The Morgan fingerprint density at radius 1 is 1.55 bits per heavy atom. The number of rotatable bonds is 3. The zero-order chi connectivity index (χ0) is 15.0. The molecule has 7 nitrogen and oxygen atoms in total. The Kier molecular flexibility index (Phi) is 3.70. The quantitative estimate of drug-likeness (QED) is 0.719. The van der Waals surface area contributed by atoms with Crippen molar-refractivity contribution in [2.24, 2.45) is 10.1 Å². The minimum atomic E-state index is -3.50. The van der Waals surface area contributed by atoms with Crippen LogP contribution >= 0.6 is 0 Å². The summed E-state index contributed by atoms with van der Waals surface area (Å²) < 4.78 is 26.8. The van der Waals surface area contributed by atoms with Crippen molar-refractivity contribution in [3.05, 3.63) is 23.9 Å². The van der Waals surface area contributed by atoms with Crippen LogP contribution in [0.1, 0.15) is 13.8 Å². The summed E-state index contributed by atoms with van der Waals surface area (Å²) in [6.45, 7) is 4.16. The lowest BCUT2D eigenvalue weighted by Crippen LogP contribution is -2.48. The lowest BCUT2D eigenvalue weighted by atomic mass is 10.1. The molecule has 0 aromatic heterocycles. The van der Waals surface area contributed by atoms with Gasteiger partial charge in [0, 0.05) is 24.8 Å². The van der Waals surface area contributed by atoms with Gasteiger partial charge in [-0.3, -0.25) is 4.79 Å². The SMILES string of the molecule is CC(C)(N)CNC(=O)C1=CC=CN2CCS(=O)(=O)N=C12. The summed E-state index contributed by atoms with van der Waals surface area (Å²) >= 11 is 0. The third kappa shape index (κ3) is 3.45. The van der Waals surface area contributed by atoms with Crippen LogP contribution in [0.5, 0.6) is 0 Å². The molecule has 2 aliphatic rings. The lowest BCUT2D eigenvalue weighted by Gasteiger charge is -2.29. The zero-order valence-electron chi connectivity index (χ0n) is 11.5. The van der Waals surface area contributed by atoms with Gasteiger partial charge in [-0.25, -0.2) is 8.42 Å². The summed E-state index contributed by atoms with van der Waals surface area (Å²) in [7, 11) is -3.50. The average Bonchev–Trinajstić information content (AvgIpc) is 2.33. The Morgan fingerprint density at radius 2 is 2.25 bits per heavy atom. The van der Waals surface area contributed by atoms with E-state index >= 15 is 0 Å². The highest BCUT2D eigenvalue weighted by molar-refractivity contribution is 7.90. The third-order valence-electron chi connectivity index (χ3n) is 2.81. The summed E-state index contributed by atoms with van der Waals surface area (Å²) in [5.41, 5.74) is 5.50. The van der Waals surface area contributed by atoms with Crippen LogP contribution in [-0.2, 0) is 14.8 Å². The fourth-order valence-electron chi connectivity index (χ4n) is 1.80. The van der Waals surface area contributed by atoms with Gasteiger partial charge in [0.25, 0.3) is 15.9 Å². The summed E-state index contributed by atoms with van der Waals surface area (Å²) in [6.07, 6.45) is 4.95. The van der Waals surface area contributed by atoms with Gasteiger partial charge in [-0.15, -0.1) is 4.40 Å². The molecular formula is C12H18N4O3S. The maximum Gasteiger partial charge on any atom is 0.256 e. The van der Waals surface area contributed by atoms with E-state index in [9.17, 15) is 13.2 Å². The number of fused-ring (bicyclic) bond motifs is 1. The number of allylic oxidation sites excluding steroid dienone is 2. The van der Waals surface area contributed by atoms with E-state index in [1.807, 2.05) is 0 Å². The number of amidine groups is 1. The molecule has 0 unspecified atom stereocenters. The monoisotopic (exact) mass is 298 g/mol. The second-order valence-corrected chi connectivity index (χ2v) is 7.24. The summed E-state index contributed by atoms with van der Waals surface area (Å²) in [5.74, 6) is -0.259. The molecule has 2 rings (SSSR count). The zero-order valence-corrected chi connectivity index (χ0v) is 12.3. The number of carbonyl (C=O) groups is 1. The Morgan fingerprint density at radius 3 is 2.90 bits per heavy atom. The Hall–Kier alpha value is -1.67. The average molecular weight is 298 g/mol. The normalized spacial score (nSPS) is 20.9. The molecule has 8 heteroatoms. The van der Waals surface area contributed by atoms with Crippen molar-refractivity contribution in [2.75, 3.05) is 18.8 Å². The molecule has 0 saturated heterocycles. The van der Waals surface area contributed by atoms with Crippen molar-refractivity contribution < 1.29 is 13.2 Å². The highest BCUT2D eigenvalue weighted by Gasteiger charge is 2.30. The van der Waals surface area contributed by atoms with Gasteiger partial charge in [0.15, 0.2) is 5.84 Å². The molecule has 0 aromatic carbocycles. The summed E-state index contributed by atoms with van der Waals surface area (Å²) in [5, 5.41) is 2.68. The number of carbonyl (C=O) groups excluding carboxylic acids is 1. The molecule has 0 spiro atoms. The van der Waals surface area contributed by atoms with Crippen LogP contribution in [0.25, 0.3) is 0 Å². The Labute approximate surface area is 118 Å². The third-order valence-corrected chi connectivity index (χ3v) is 3.96. The number of sulfonamides is 1. The van der Waals surface area contributed by atoms with Crippen LogP contribution in [0.4, 0.5) is 0 Å². The molecule has 0 bridgehead atoms. The van der Waals surface area contributed by atoms with E-state index in [0.717, 1.165) is 0 Å². The fraction of sp³-hybridized carbons (Fsp3) is 0.500. The molecule has 0 fully saturated rings. The van der Waals surface area contributed by atoms with Crippen molar-refractivity contribution in [1.82, 2.24) is 10.2 Å². The smallest absolute Gasteiger partial charge is 0.256 e. The predicted molar refractivity (Wildman–Crippen MR) is 76.4 cm³/mol. The van der Waals surface area contributed by atoms with Gasteiger partial charge in [-0.1, -0.05) is 0 Å². The number of amides is 1. The fourth-order valence-corrected chi connectivity index (χ4v) is 2.78. The van der Waals surface area contributed by atoms with Gasteiger partial charge < -0.3 is 16.0 Å². The molecule has 2 aliphatic heterocycles. The van der Waals surface area contributed by atoms with E-state index in [2.05, 4.69) is 9.71 Å². The van der Waals surface area contributed by atoms with E-state index in [0.29, 0.717) is 6.54 Å². The first-order valence-corrected chi connectivity index (χ1v) is 7.84. The van der Waals surface area contributed by atoms with Crippen molar-refractivity contribution in [3.63, 3.8) is 0 Å². The molecular weight excluding hydrogens is 280 g/mol. The molecule has 0 atom stereocenters. The predicted octanol–water partition coefficient (Wildman–Crippen LogP) is -0.662. The summed E-state index contributed by atoms with van der Waals surface area (Å²) in [6, 6.07) is 0. The van der Waals surface area contributed by atoms with E-state index < -0.39 is 15.6 Å². The van der Waals surface area contributed by atoms with Gasteiger partial charge in [-0.05, 0) is 26.0 Å². The van der Waals surface area contributed by atoms with Crippen LogP contribution in [0, 0.1) is 0 Å². The number of nitrogens with one attached hydrogen (secondary N) is 1. The van der Waals surface area contributed by atoms with Crippen LogP contribution in [0.15, 0.2) is 28.3 Å². The largest absolute Gasteiger partial charge is 0.350 e. The number of hydrogen-bond donors (Lipinski definition) is 2. The molecule has 20 heavy (non-hydrogen) atoms. The highest BCUT2D eigenvalue weighted by Crippen LogP contribution is 2.17. The Balaban J connectivity index is 2.22. The van der Waals surface area contributed by atoms with Crippen molar-refractivity contribution in [1.29, 1.82) is 0 Å². The van der Waals surface area contributed by atoms with Crippen LogP contribution in [0.2, 0.25) is 0 Å². The standard InChI is InChI=1S/C12H18N4O3S/c1-12(2,13)8-14-11(17)9-4-3-5-16-6-7-20(18,19)15-10(9)16/h3-5H,6-8,13H2,1-2H3,(H,14,17). The molecule has 110 valence electrons. The maximum absolute atomic E-state index is 12.1.